The van der Waals surface area contributed by atoms with Gasteiger partial charge in [0.15, 0.2) is 0 Å². The maximum atomic E-state index is 6.20. The van der Waals surface area contributed by atoms with E-state index in [-0.39, 0.29) is 0 Å². The lowest BCUT2D eigenvalue weighted by atomic mass is 9.84. The molecule has 1 aromatic rings. The minimum absolute atomic E-state index is 0.422. The molecule has 0 amide bonds. The first-order valence-corrected chi connectivity index (χ1v) is 6.00. The van der Waals surface area contributed by atoms with Crippen molar-refractivity contribution in [3.05, 3.63) is 29.0 Å². The molecule has 80 valence electrons. The molecule has 0 aromatic carbocycles. The third kappa shape index (κ3) is 1.47. The summed E-state index contributed by atoms with van der Waals surface area (Å²) in [5.74, 6) is 2.05. The van der Waals surface area contributed by atoms with E-state index < -0.39 is 0 Å². The quantitative estimate of drug-likeness (QED) is 0.742. The second-order valence-electron chi connectivity index (χ2n) is 4.84. The summed E-state index contributed by atoms with van der Waals surface area (Å²) in [5.41, 5.74) is 7.52. The van der Waals surface area contributed by atoms with E-state index in [9.17, 15) is 0 Å². The SMILES string of the molecule is N[C@H]1C2CCC1[C@@H](c1ccc(Cl)nc1)C2. The molecule has 1 heterocycles. The van der Waals surface area contributed by atoms with Gasteiger partial charge in [0.2, 0.25) is 0 Å². The zero-order valence-corrected chi connectivity index (χ0v) is 9.32. The van der Waals surface area contributed by atoms with E-state index in [4.69, 9.17) is 17.3 Å². The molecule has 3 rings (SSSR count). The van der Waals surface area contributed by atoms with Crippen LogP contribution >= 0.6 is 11.6 Å². The Labute approximate surface area is 94.8 Å². The Morgan fingerprint density at radius 3 is 2.73 bits per heavy atom. The van der Waals surface area contributed by atoms with Gasteiger partial charge < -0.3 is 5.73 Å². The zero-order chi connectivity index (χ0) is 10.4. The van der Waals surface area contributed by atoms with E-state index >= 15 is 0 Å². The highest BCUT2D eigenvalue weighted by Crippen LogP contribution is 2.51. The lowest BCUT2D eigenvalue weighted by Crippen LogP contribution is -2.25. The number of hydrogen-bond acceptors (Lipinski definition) is 2. The molecule has 2 saturated carbocycles. The van der Waals surface area contributed by atoms with Crippen LogP contribution in [0.4, 0.5) is 0 Å². The molecule has 4 atom stereocenters. The molecule has 2 N–H and O–H groups in total. The van der Waals surface area contributed by atoms with Gasteiger partial charge in [0.05, 0.1) is 0 Å². The largest absolute Gasteiger partial charge is 0.327 e. The number of nitrogens with two attached hydrogens (primary N) is 1. The molecule has 15 heavy (non-hydrogen) atoms. The van der Waals surface area contributed by atoms with Crippen molar-refractivity contribution in [2.75, 3.05) is 0 Å². The Bertz CT molecular complexity index is 362. The second kappa shape index (κ2) is 3.46. The van der Waals surface area contributed by atoms with Crippen LogP contribution in [0, 0.1) is 11.8 Å². The summed E-state index contributed by atoms with van der Waals surface area (Å²) in [6, 6.07) is 4.41. The van der Waals surface area contributed by atoms with Crippen molar-refractivity contribution in [2.24, 2.45) is 17.6 Å². The highest BCUT2D eigenvalue weighted by Gasteiger charge is 2.46. The topological polar surface area (TPSA) is 38.9 Å². The van der Waals surface area contributed by atoms with Crippen LogP contribution < -0.4 is 5.73 Å². The Morgan fingerprint density at radius 2 is 2.20 bits per heavy atom. The molecule has 1 aromatic heterocycles. The molecule has 2 aliphatic carbocycles. The molecule has 2 unspecified atom stereocenters. The van der Waals surface area contributed by atoms with E-state index in [2.05, 4.69) is 11.1 Å². The van der Waals surface area contributed by atoms with Crippen molar-refractivity contribution in [2.45, 2.75) is 31.2 Å². The molecule has 2 aliphatic rings. The summed E-state index contributed by atoms with van der Waals surface area (Å²) >= 11 is 5.79. The van der Waals surface area contributed by atoms with Crippen LogP contribution in [-0.2, 0) is 0 Å². The third-order valence-corrected chi connectivity index (χ3v) is 4.39. The van der Waals surface area contributed by atoms with Gasteiger partial charge in [0.25, 0.3) is 0 Å². The van der Waals surface area contributed by atoms with Crippen LogP contribution in [0.15, 0.2) is 18.3 Å². The van der Waals surface area contributed by atoms with Gasteiger partial charge in [0, 0.05) is 12.2 Å². The summed E-state index contributed by atoms with van der Waals surface area (Å²) < 4.78 is 0. The van der Waals surface area contributed by atoms with Crippen molar-refractivity contribution < 1.29 is 0 Å². The molecule has 0 aliphatic heterocycles. The molecule has 0 radical (unpaired) electrons. The minimum atomic E-state index is 0.422. The molecule has 2 nitrogen and oxygen atoms in total. The average molecular weight is 223 g/mol. The Balaban J connectivity index is 1.87. The molecule has 3 heteroatoms. The Morgan fingerprint density at radius 1 is 1.33 bits per heavy atom. The van der Waals surface area contributed by atoms with Gasteiger partial charge >= 0.3 is 0 Å². The normalized spacial score (nSPS) is 38.5. The van der Waals surface area contributed by atoms with Crippen molar-refractivity contribution in [1.29, 1.82) is 0 Å². The van der Waals surface area contributed by atoms with E-state index in [1.165, 1.54) is 24.8 Å². The maximum Gasteiger partial charge on any atom is 0.129 e. The number of pyridine rings is 1. The van der Waals surface area contributed by atoms with Gasteiger partial charge in [-0.2, -0.15) is 0 Å². The molecular weight excluding hydrogens is 208 g/mol. The third-order valence-electron chi connectivity index (χ3n) is 4.16. The standard InChI is InChI=1S/C12H15ClN2/c13-11-4-2-8(6-15-11)10-5-7-1-3-9(10)12(7)14/h2,4,6-7,9-10,12H,1,3,5,14H2/t7?,9?,10-,12+/m1/s1. The number of fused-ring (bicyclic) bond motifs is 2. The lowest BCUT2D eigenvalue weighted by molar-refractivity contribution is 0.417. The van der Waals surface area contributed by atoms with Gasteiger partial charge in [-0.05, 0) is 48.6 Å². The fraction of sp³-hybridized carbons (Fsp3) is 0.583. The van der Waals surface area contributed by atoms with Gasteiger partial charge in [-0.25, -0.2) is 4.98 Å². The monoisotopic (exact) mass is 222 g/mol. The predicted octanol–water partition coefficient (Wildman–Crippen LogP) is 2.58. The van der Waals surface area contributed by atoms with Crippen LogP contribution in [0.1, 0.15) is 30.7 Å². The number of halogens is 1. The molecular formula is C12H15ClN2. The van der Waals surface area contributed by atoms with Crippen LogP contribution in [0.3, 0.4) is 0 Å². The first-order chi connectivity index (χ1) is 7.25. The van der Waals surface area contributed by atoms with E-state index in [1.807, 2.05) is 12.3 Å². The summed E-state index contributed by atoms with van der Waals surface area (Å²) in [4.78, 5) is 4.16. The fourth-order valence-electron chi connectivity index (χ4n) is 3.38. The number of hydrogen-bond donors (Lipinski definition) is 1. The Kier molecular flexibility index (Phi) is 2.22. The summed E-state index contributed by atoms with van der Waals surface area (Å²) in [5, 5.41) is 0.575. The molecule has 2 bridgehead atoms. The molecule has 0 spiro atoms. The first kappa shape index (κ1) is 9.61. The predicted molar refractivity (Wildman–Crippen MR) is 60.8 cm³/mol. The summed E-state index contributed by atoms with van der Waals surface area (Å²) in [6.07, 6.45) is 5.78. The van der Waals surface area contributed by atoms with Crippen LogP contribution in [0.5, 0.6) is 0 Å². The average Bonchev–Trinajstić information content (AvgIpc) is 2.75. The van der Waals surface area contributed by atoms with E-state index in [0.717, 1.165) is 5.92 Å². The van der Waals surface area contributed by atoms with Crippen LogP contribution in [0.25, 0.3) is 0 Å². The number of rotatable bonds is 1. The molecule has 2 fully saturated rings. The van der Waals surface area contributed by atoms with E-state index in [0.29, 0.717) is 23.0 Å². The van der Waals surface area contributed by atoms with Gasteiger partial charge in [-0.15, -0.1) is 0 Å². The van der Waals surface area contributed by atoms with Gasteiger partial charge in [0.1, 0.15) is 5.15 Å². The lowest BCUT2D eigenvalue weighted by Gasteiger charge is -2.21. The Hall–Kier alpha value is -0.600. The maximum absolute atomic E-state index is 6.20. The highest BCUT2D eigenvalue weighted by atomic mass is 35.5. The summed E-state index contributed by atoms with van der Waals surface area (Å²) in [7, 11) is 0. The van der Waals surface area contributed by atoms with Gasteiger partial charge in [-0.3, -0.25) is 0 Å². The smallest absolute Gasteiger partial charge is 0.129 e. The second-order valence-corrected chi connectivity index (χ2v) is 5.22. The zero-order valence-electron chi connectivity index (χ0n) is 8.57. The van der Waals surface area contributed by atoms with Gasteiger partial charge in [-0.1, -0.05) is 17.7 Å². The number of aromatic nitrogens is 1. The van der Waals surface area contributed by atoms with Crippen LogP contribution in [-0.4, -0.2) is 11.0 Å². The van der Waals surface area contributed by atoms with Crippen molar-refractivity contribution in [3.63, 3.8) is 0 Å². The minimum Gasteiger partial charge on any atom is -0.327 e. The first-order valence-electron chi connectivity index (χ1n) is 5.63. The van der Waals surface area contributed by atoms with Crippen LogP contribution in [0.2, 0.25) is 5.15 Å². The highest BCUT2D eigenvalue weighted by molar-refractivity contribution is 6.29. The van der Waals surface area contributed by atoms with E-state index in [1.54, 1.807) is 0 Å². The summed E-state index contributed by atoms with van der Waals surface area (Å²) in [6.45, 7) is 0. The molecule has 0 saturated heterocycles. The van der Waals surface area contributed by atoms with Crippen molar-refractivity contribution in [1.82, 2.24) is 4.98 Å². The van der Waals surface area contributed by atoms with Crippen molar-refractivity contribution in [3.8, 4) is 0 Å². The fourth-order valence-corrected chi connectivity index (χ4v) is 3.49. The van der Waals surface area contributed by atoms with Crippen molar-refractivity contribution >= 4 is 11.6 Å². The number of nitrogens with zero attached hydrogens (tertiary/aromatic N) is 1.